The molecule has 1 saturated heterocycles. The highest BCUT2D eigenvalue weighted by atomic mass is 19.1. The predicted molar refractivity (Wildman–Crippen MR) is 96.0 cm³/mol. The van der Waals surface area contributed by atoms with Crippen LogP contribution in [0.3, 0.4) is 0 Å². The Balaban J connectivity index is 1.46. The zero-order valence-corrected chi connectivity index (χ0v) is 14.5. The van der Waals surface area contributed by atoms with E-state index in [1.54, 1.807) is 18.3 Å². The molecular weight excluding hydrogens is 351 g/mol. The van der Waals surface area contributed by atoms with Gasteiger partial charge in [0.1, 0.15) is 5.82 Å². The van der Waals surface area contributed by atoms with E-state index in [1.807, 2.05) is 6.07 Å². The van der Waals surface area contributed by atoms with E-state index in [4.69, 9.17) is 0 Å². The molecule has 0 radical (unpaired) electrons. The van der Waals surface area contributed by atoms with E-state index < -0.39 is 11.7 Å². The molecule has 1 aromatic carbocycles. The third kappa shape index (κ3) is 4.87. The van der Waals surface area contributed by atoms with E-state index in [1.165, 1.54) is 29.2 Å². The SMILES string of the molecule is O=C(CNC(=O)C1CC(=O)N(c2ccc(F)cc2)C1)NCc1ccccn1. The number of carbonyl (C=O) groups excluding carboxylic acids is 3. The first-order valence-corrected chi connectivity index (χ1v) is 8.53. The number of pyridine rings is 1. The van der Waals surface area contributed by atoms with Gasteiger partial charge in [-0.3, -0.25) is 19.4 Å². The third-order valence-corrected chi connectivity index (χ3v) is 4.25. The lowest BCUT2D eigenvalue weighted by molar-refractivity contribution is -0.129. The van der Waals surface area contributed by atoms with Crippen LogP contribution in [0.2, 0.25) is 0 Å². The average Bonchev–Trinajstić information content (AvgIpc) is 3.07. The number of carbonyl (C=O) groups is 3. The zero-order valence-electron chi connectivity index (χ0n) is 14.5. The van der Waals surface area contributed by atoms with Crippen LogP contribution in [-0.4, -0.2) is 35.8 Å². The predicted octanol–water partition coefficient (Wildman–Crippen LogP) is 1.01. The number of nitrogens with one attached hydrogen (secondary N) is 2. The second-order valence-corrected chi connectivity index (χ2v) is 6.20. The van der Waals surface area contributed by atoms with E-state index >= 15 is 0 Å². The lowest BCUT2D eigenvalue weighted by atomic mass is 10.1. The summed E-state index contributed by atoms with van der Waals surface area (Å²) in [6.45, 7) is 0.300. The summed E-state index contributed by atoms with van der Waals surface area (Å²) in [6, 6.07) is 10.9. The van der Waals surface area contributed by atoms with Crippen molar-refractivity contribution < 1.29 is 18.8 Å². The first kappa shape index (κ1) is 18.5. The third-order valence-electron chi connectivity index (χ3n) is 4.25. The fourth-order valence-electron chi connectivity index (χ4n) is 2.82. The van der Waals surface area contributed by atoms with Gasteiger partial charge in [-0.15, -0.1) is 0 Å². The maximum atomic E-state index is 13.0. The highest BCUT2D eigenvalue weighted by Crippen LogP contribution is 2.25. The molecule has 1 aliphatic heterocycles. The molecule has 2 heterocycles. The van der Waals surface area contributed by atoms with Gasteiger partial charge in [0.15, 0.2) is 0 Å². The molecule has 2 aromatic rings. The molecule has 27 heavy (non-hydrogen) atoms. The minimum atomic E-state index is -0.550. The smallest absolute Gasteiger partial charge is 0.239 e. The Labute approximate surface area is 155 Å². The second-order valence-electron chi connectivity index (χ2n) is 6.20. The highest BCUT2D eigenvalue weighted by molar-refractivity contribution is 6.00. The van der Waals surface area contributed by atoms with Crippen molar-refractivity contribution in [2.75, 3.05) is 18.0 Å². The molecular formula is C19H19FN4O3. The van der Waals surface area contributed by atoms with E-state index in [9.17, 15) is 18.8 Å². The molecule has 1 aliphatic rings. The minimum Gasteiger partial charge on any atom is -0.349 e. The van der Waals surface area contributed by atoms with E-state index in [-0.39, 0.29) is 43.8 Å². The Kier molecular flexibility index (Phi) is 5.75. The molecule has 7 nitrogen and oxygen atoms in total. The van der Waals surface area contributed by atoms with Crippen molar-refractivity contribution in [3.8, 4) is 0 Å². The van der Waals surface area contributed by atoms with Gasteiger partial charge in [0.2, 0.25) is 17.7 Å². The topological polar surface area (TPSA) is 91.4 Å². The summed E-state index contributed by atoms with van der Waals surface area (Å²) in [6.07, 6.45) is 1.69. The largest absolute Gasteiger partial charge is 0.349 e. The van der Waals surface area contributed by atoms with Crippen LogP contribution in [0.15, 0.2) is 48.7 Å². The minimum absolute atomic E-state index is 0.0543. The molecule has 0 spiro atoms. The van der Waals surface area contributed by atoms with Gasteiger partial charge in [0.25, 0.3) is 0 Å². The Hall–Kier alpha value is -3.29. The first-order valence-electron chi connectivity index (χ1n) is 8.53. The van der Waals surface area contributed by atoms with Crippen LogP contribution in [0, 0.1) is 11.7 Å². The Morgan fingerprint density at radius 1 is 1.15 bits per heavy atom. The van der Waals surface area contributed by atoms with E-state index in [0.717, 1.165) is 0 Å². The monoisotopic (exact) mass is 370 g/mol. The van der Waals surface area contributed by atoms with Crippen LogP contribution in [0.1, 0.15) is 12.1 Å². The van der Waals surface area contributed by atoms with Gasteiger partial charge < -0.3 is 15.5 Å². The molecule has 0 aliphatic carbocycles. The van der Waals surface area contributed by atoms with E-state index in [0.29, 0.717) is 11.4 Å². The number of anilines is 1. The van der Waals surface area contributed by atoms with Crippen molar-refractivity contribution in [1.29, 1.82) is 0 Å². The van der Waals surface area contributed by atoms with Gasteiger partial charge in [-0.25, -0.2) is 4.39 Å². The average molecular weight is 370 g/mol. The molecule has 1 fully saturated rings. The van der Waals surface area contributed by atoms with Gasteiger partial charge >= 0.3 is 0 Å². The molecule has 0 saturated carbocycles. The number of benzene rings is 1. The van der Waals surface area contributed by atoms with Crippen molar-refractivity contribution in [2.45, 2.75) is 13.0 Å². The van der Waals surface area contributed by atoms with Crippen LogP contribution in [0.25, 0.3) is 0 Å². The van der Waals surface area contributed by atoms with Gasteiger partial charge in [-0.1, -0.05) is 6.07 Å². The summed E-state index contributed by atoms with van der Waals surface area (Å²) in [5.41, 5.74) is 1.26. The molecule has 1 aromatic heterocycles. The number of nitrogens with zero attached hydrogens (tertiary/aromatic N) is 2. The molecule has 1 atom stereocenters. The Morgan fingerprint density at radius 3 is 2.63 bits per heavy atom. The van der Waals surface area contributed by atoms with Crippen molar-refractivity contribution in [2.24, 2.45) is 5.92 Å². The summed E-state index contributed by atoms with van der Waals surface area (Å²) in [5, 5.41) is 5.22. The van der Waals surface area contributed by atoms with Crippen LogP contribution < -0.4 is 15.5 Å². The van der Waals surface area contributed by atoms with Crippen molar-refractivity contribution in [3.05, 3.63) is 60.2 Å². The second kappa shape index (κ2) is 8.39. The molecule has 2 N–H and O–H groups in total. The van der Waals surface area contributed by atoms with Crippen LogP contribution >= 0.6 is 0 Å². The van der Waals surface area contributed by atoms with Crippen LogP contribution in [0.4, 0.5) is 10.1 Å². The maximum absolute atomic E-state index is 13.0. The fraction of sp³-hybridized carbons (Fsp3) is 0.263. The van der Waals surface area contributed by atoms with Gasteiger partial charge in [0.05, 0.1) is 24.7 Å². The number of rotatable bonds is 6. The Morgan fingerprint density at radius 2 is 1.93 bits per heavy atom. The quantitative estimate of drug-likeness (QED) is 0.794. The number of aromatic nitrogens is 1. The standard InChI is InChI=1S/C19H19FN4O3/c20-14-4-6-16(7-5-14)24-12-13(9-18(24)26)19(27)23-11-17(25)22-10-15-3-1-2-8-21-15/h1-8,13H,9-12H2,(H,22,25)(H,23,27). The molecule has 3 amide bonds. The lowest BCUT2D eigenvalue weighted by Gasteiger charge is -2.16. The first-order chi connectivity index (χ1) is 13.0. The summed E-state index contributed by atoms with van der Waals surface area (Å²) < 4.78 is 13.0. The van der Waals surface area contributed by atoms with Crippen LogP contribution in [-0.2, 0) is 20.9 Å². The van der Waals surface area contributed by atoms with Gasteiger partial charge in [-0.05, 0) is 36.4 Å². The van der Waals surface area contributed by atoms with Crippen LogP contribution in [0.5, 0.6) is 0 Å². The summed E-state index contributed by atoms with van der Waals surface area (Å²) in [7, 11) is 0. The molecule has 0 bridgehead atoms. The number of amides is 3. The molecule has 8 heteroatoms. The Bertz CT molecular complexity index is 827. The number of hydrogen-bond acceptors (Lipinski definition) is 4. The van der Waals surface area contributed by atoms with Gasteiger partial charge in [0, 0.05) is 24.8 Å². The van der Waals surface area contributed by atoms with Crippen molar-refractivity contribution >= 4 is 23.4 Å². The fourth-order valence-corrected chi connectivity index (χ4v) is 2.82. The lowest BCUT2D eigenvalue weighted by Crippen LogP contribution is -2.40. The summed E-state index contributed by atoms with van der Waals surface area (Å²) >= 11 is 0. The maximum Gasteiger partial charge on any atom is 0.239 e. The van der Waals surface area contributed by atoms with Crippen molar-refractivity contribution in [3.63, 3.8) is 0 Å². The van der Waals surface area contributed by atoms with E-state index in [2.05, 4.69) is 15.6 Å². The number of halogens is 1. The molecule has 3 rings (SSSR count). The summed E-state index contributed by atoms with van der Waals surface area (Å²) in [5.74, 6) is -1.85. The zero-order chi connectivity index (χ0) is 19.2. The molecule has 1 unspecified atom stereocenters. The highest BCUT2D eigenvalue weighted by Gasteiger charge is 2.35. The number of hydrogen-bond donors (Lipinski definition) is 2. The molecule has 140 valence electrons. The normalized spacial score (nSPS) is 16.3. The van der Waals surface area contributed by atoms with Gasteiger partial charge in [-0.2, -0.15) is 0 Å². The van der Waals surface area contributed by atoms with Crippen molar-refractivity contribution in [1.82, 2.24) is 15.6 Å². The summed E-state index contributed by atoms with van der Waals surface area (Å²) in [4.78, 5) is 41.8.